The summed E-state index contributed by atoms with van der Waals surface area (Å²) in [7, 11) is 3.11. The first-order chi connectivity index (χ1) is 9.56. The van der Waals surface area contributed by atoms with Crippen molar-refractivity contribution in [3.05, 3.63) is 52.0 Å². The Hall–Kier alpha value is -2.01. The van der Waals surface area contributed by atoms with Crippen LogP contribution in [0.25, 0.3) is 0 Å². The van der Waals surface area contributed by atoms with Crippen LogP contribution in [-0.4, -0.2) is 20.0 Å². The zero-order chi connectivity index (χ0) is 14.7. The molecule has 4 nitrogen and oxygen atoms in total. The van der Waals surface area contributed by atoms with Crippen LogP contribution < -0.4 is 15.2 Å². The maximum absolute atomic E-state index is 12.4. The number of ketones is 1. The van der Waals surface area contributed by atoms with Crippen molar-refractivity contribution in [1.82, 2.24) is 0 Å². The third-order valence-corrected chi connectivity index (χ3v) is 3.53. The van der Waals surface area contributed by atoms with Crippen molar-refractivity contribution in [3.63, 3.8) is 0 Å². The van der Waals surface area contributed by atoms with Crippen LogP contribution in [-0.2, 0) is 0 Å². The standard InChI is InChI=1S/C15H14BrNO3/c1-19-13-5-3-9(7-11(13)16)15(18)10-4-6-14(20-2)12(17)8-10/h3-8H,17H2,1-2H3. The number of rotatable bonds is 4. The van der Waals surface area contributed by atoms with Gasteiger partial charge in [0.2, 0.25) is 0 Å². The second-order valence-corrected chi connectivity index (χ2v) is 4.99. The number of benzene rings is 2. The molecule has 0 aliphatic rings. The molecular weight excluding hydrogens is 322 g/mol. The van der Waals surface area contributed by atoms with Gasteiger partial charge in [0.15, 0.2) is 5.78 Å². The number of anilines is 1. The van der Waals surface area contributed by atoms with E-state index in [0.717, 1.165) is 4.47 Å². The van der Waals surface area contributed by atoms with Gasteiger partial charge in [-0.15, -0.1) is 0 Å². The molecular formula is C15H14BrNO3. The van der Waals surface area contributed by atoms with Gasteiger partial charge in [-0.3, -0.25) is 4.79 Å². The molecule has 2 N–H and O–H groups in total. The molecule has 0 heterocycles. The molecule has 0 bridgehead atoms. The molecule has 2 aromatic rings. The minimum absolute atomic E-state index is 0.109. The topological polar surface area (TPSA) is 61.5 Å². The molecule has 104 valence electrons. The van der Waals surface area contributed by atoms with Crippen molar-refractivity contribution in [3.8, 4) is 11.5 Å². The quantitative estimate of drug-likeness (QED) is 0.688. The van der Waals surface area contributed by atoms with E-state index in [4.69, 9.17) is 15.2 Å². The number of carbonyl (C=O) groups excluding carboxylic acids is 1. The molecule has 0 amide bonds. The van der Waals surface area contributed by atoms with Gasteiger partial charge in [0, 0.05) is 11.1 Å². The van der Waals surface area contributed by atoms with E-state index in [2.05, 4.69) is 15.9 Å². The summed E-state index contributed by atoms with van der Waals surface area (Å²) in [6.07, 6.45) is 0. The Morgan fingerprint density at radius 2 is 1.55 bits per heavy atom. The largest absolute Gasteiger partial charge is 0.496 e. The number of halogens is 1. The lowest BCUT2D eigenvalue weighted by atomic mass is 10.0. The van der Waals surface area contributed by atoms with Crippen molar-refractivity contribution in [2.45, 2.75) is 0 Å². The van der Waals surface area contributed by atoms with E-state index >= 15 is 0 Å². The number of nitrogens with two attached hydrogens (primary N) is 1. The van der Waals surface area contributed by atoms with Crippen molar-refractivity contribution >= 4 is 27.4 Å². The predicted octanol–water partition coefficient (Wildman–Crippen LogP) is 3.28. The monoisotopic (exact) mass is 335 g/mol. The van der Waals surface area contributed by atoms with Crippen LogP contribution in [0.2, 0.25) is 0 Å². The molecule has 0 saturated heterocycles. The van der Waals surface area contributed by atoms with Gasteiger partial charge in [-0.25, -0.2) is 0 Å². The lowest BCUT2D eigenvalue weighted by molar-refractivity contribution is 0.103. The fourth-order valence-electron chi connectivity index (χ4n) is 1.85. The Bertz CT molecular complexity index is 600. The second-order valence-electron chi connectivity index (χ2n) is 4.14. The van der Waals surface area contributed by atoms with Crippen LogP contribution in [0.3, 0.4) is 0 Å². The Morgan fingerprint density at radius 1 is 1.00 bits per heavy atom. The highest BCUT2D eigenvalue weighted by molar-refractivity contribution is 9.10. The third kappa shape index (κ3) is 2.77. The second kappa shape index (κ2) is 5.96. The summed E-state index contributed by atoms with van der Waals surface area (Å²) in [5.41, 5.74) is 7.32. The number of hydrogen-bond acceptors (Lipinski definition) is 4. The molecule has 2 rings (SSSR count). The molecule has 0 saturated carbocycles. The Kier molecular flexibility index (Phi) is 4.29. The van der Waals surface area contributed by atoms with Crippen molar-refractivity contribution < 1.29 is 14.3 Å². The van der Waals surface area contributed by atoms with E-state index in [1.165, 1.54) is 7.11 Å². The van der Waals surface area contributed by atoms with Crippen LogP contribution in [0.4, 0.5) is 5.69 Å². The molecule has 2 aromatic carbocycles. The molecule has 5 heteroatoms. The first-order valence-electron chi connectivity index (χ1n) is 5.88. The summed E-state index contributed by atoms with van der Waals surface area (Å²) < 4.78 is 10.9. The van der Waals surface area contributed by atoms with Gasteiger partial charge < -0.3 is 15.2 Å². The minimum atomic E-state index is -0.109. The van der Waals surface area contributed by atoms with E-state index in [9.17, 15) is 4.79 Å². The van der Waals surface area contributed by atoms with Gasteiger partial charge in [-0.05, 0) is 52.3 Å². The third-order valence-electron chi connectivity index (χ3n) is 2.91. The van der Waals surface area contributed by atoms with Crippen molar-refractivity contribution in [2.24, 2.45) is 0 Å². The summed E-state index contributed by atoms with van der Waals surface area (Å²) in [5.74, 6) is 1.12. The highest BCUT2D eigenvalue weighted by Gasteiger charge is 2.13. The Labute approximate surface area is 125 Å². The highest BCUT2D eigenvalue weighted by Crippen LogP contribution is 2.28. The first-order valence-corrected chi connectivity index (χ1v) is 6.68. The molecule has 0 radical (unpaired) electrons. The van der Waals surface area contributed by atoms with Gasteiger partial charge >= 0.3 is 0 Å². The molecule has 20 heavy (non-hydrogen) atoms. The average Bonchev–Trinajstić information content (AvgIpc) is 2.46. The lowest BCUT2D eigenvalue weighted by Gasteiger charge is -2.08. The molecule has 0 aliphatic heterocycles. The highest BCUT2D eigenvalue weighted by atomic mass is 79.9. The van der Waals surface area contributed by atoms with E-state index in [1.54, 1.807) is 43.5 Å². The predicted molar refractivity (Wildman–Crippen MR) is 81.5 cm³/mol. The van der Waals surface area contributed by atoms with Crippen molar-refractivity contribution in [2.75, 3.05) is 20.0 Å². The first kappa shape index (κ1) is 14.4. The number of nitrogen functional groups attached to an aromatic ring is 1. The number of carbonyl (C=O) groups is 1. The van der Waals surface area contributed by atoms with Gasteiger partial charge in [0.25, 0.3) is 0 Å². The average molecular weight is 336 g/mol. The fourth-order valence-corrected chi connectivity index (χ4v) is 2.39. The van der Waals surface area contributed by atoms with Crippen LogP contribution in [0, 0.1) is 0 Å². The van der Waals surface area contributed by atoms with Crippen LogP contribution in [0.1, 0.15) is 15.9 Å². The molecule has 0 atom stereocenters. The van der Waals surface area contributed by atoms with Crippen LogP contribution in [0.15, 0.2) is 40.9 Å². The Balaban J connectivity index is 2.36. The summed E-state index contributed by atoms with van der Waals surface area (Å²) in [5, 5.41) is 0. The lowest BCUT2D eigenvalue weighted by Crippen LogP contribution is -2.03. The number of hydrogen-bond donors (Lipinski definition) is 1. The van der Waals surface area contributed by atoms with Gasteiger partial charge in [-0.2, -0.15) is 0 Å². The zero-order valence-electron chi connectivity index (χ0n) is 11.1. The van der Waals surface area contributed by atoms with Gasteiger partial charge in [0.05, 0.1) is 24.4 Å². The van der Waals surface area contributed by atoms with Gasteiger partial charge in [-0.1, -0.05) is 0 Å². The van der Waals surface area contributed by atoms with E-state index < -0.39 is 0 Å². The Morgan fingerprint density at radius 3 is 2.05 bits per heavy atom. The van der Waals surface area contributed by atoms with Crippen molar-refractivity contribution in [1.29, 1.82) is 0 Å². The smallest absolute Gasteiger partial charge is 0.193 e. The normalized spacial score (nSPS) is 10.2. The molecule has 0 aromatic heterocycles. The molecule has 0 spiro atoms. The summed E-state index contributed by atoms with van der Waals surface area (Å²) in [4.78, 5) is 12.4. The molecule has 0 unspecified atom stereocenters. The molecule has 0 fully saturated rings. The fraction of sp³-hybridized carbons (Fsp3) is 0.133. The zero-order valence-corrected chi connectivity index (χ0v) is 12.7. The maximum Gasteiger partial charge on any atom is 0.193 e. The number of ether oxygens (including phenoxy) is 2. The van der Waals surface area contributed by atoms with E-state index in [-0.39, 0.29) is 5.78 Å². The van der Waals surface area contributed by atoms with E-state index in [0.29, 0.717) is 28.3 Å². The van der Waals surface area contributed by atoms with Crippen LogP contribution in [0.5, 0.6) is 11.5 Å². The minimum Gasteiger partial charge on any atom is -0.496 e. The summed E-state index contributed by atoms with van der Waals surface area (Å²) >= 11 is 3.36. The van der Waals surface area contributed by atoms with E-state index in [1.807, 2.05) is 0 Å². The van der Waals surface area contributed by atoms with Crippen LogP contribution >= 0.6 is 15.9 Å². The summed E-state index contributed by atoms with van der Waals surface area (Å²) in [6, 6.07) is 10.2. The molecule has 0 aliphatic carbocycles. The maximum atomic E-state index is 12.4. The summed E-state index contributed by atoms with van der Waals surface area (Å²) in [6.45, 7) is 0. The van der Waals surface area contributed by atoms with Gasteiger partial charge in [0.1, 0.15) is 11.5 Å². The SMILES string of the molecule is COc1ccc(C(=O)c2ccc(OC)c(Br)c2)cc1N. The number of methoxy groups -OCH3 is 2.